The van der Waals surface area contributed by atoms with E-state index in [2.05, 4.69) is 24.0 Å². The summed E-state index contributed by atoms with van der Waals surface area (Å²) in [4.78, 5) is 0. The van der Waals surface area contributed by atoms with Gasteiger partial charge in [-0.15, -0.1) is 0 Å². The maximum atomic E-state index is 5.66. The number of aryl methyl sites for hydroxylation is 1. The molecular weight excluding hydrogens is 262 g/mol. The maximum Gasteiger partial charge on any atom is 0.124 e. The highest BCUT2D eigenvalue weighted by molar-refractivity contribution is 5.51. The average Bonchev–Trinajstić information content (AvgIpc) is 2.52. The largest absolute Gasteiger partial charge is 0.496 e. The van der Waals surface area contributed by atoms with Crippen LogP contribution in [0.3, 0.4) is 0 Å². The van der Waals surface area contributed by atoms with Crippen LogP contribution in [0.2, 0.25) is 0 Å². The van der Waals surface area contributed by atoms with Gasteiger partial charge in [0.2, 0.25) is 0 Å². The van der Waals surface area contributed by atoms with Crippen molar-refractivity contribution in [2.45, 2.75) is 13.5 Å². The Morgan fingerprint density at radius 2 is 1.95 bits per heavy atom. The molecule has 0 bridgehead atoms. The minimum absolute atomic E-state index is 0.513. The third-order valence-corrected chi connectivity index (χ3v) is 3.21. The van der Waals surface area contributed by atoms with Crippen LogP contribution in [0, 0.1) is 6.92 Å². The molecule has 0 saturated carbocycles. The van der Waals surface area contributed by atoms with Crippen molar-refractivity contribution in [3.05, 3.63) is 66.2 Å². The Labute approximate surface area is 126 Å². The molecule has 3 nitrogen and oxygen atoms in total. The first-order chi connectivity index (χ1) is 10.2. The summed E-state index contributed by atoms with van der Waals surface area (Å²) in [6.45, 7) is 6.93. The van der Waals surface area contributed by atoms with Crippen LogP contribution < -0.4 is 14.8 Å². The Kier molecular flexibility index (Phi) is 5.27. The topological polar surface area (TPSA) is 30.5 Å². The SMILES string of the molecule is C=CCOc1ccccc1CNc1ccc(OC)c(C)c1. The highest BCUT2D eigenvalue weighted by Crippen LogP contribution is 2.23. The van der Waals surface area contributed by atoms with Gasteiger partial charge in [-0.2, -0.15) is 0 Å². The predicted octanol–water partition coefficient (Wildman–Crippen LogP) is 4.18. The fourth-order valence-electron chi connectivity index (χ4n) is 2.13. The number of nitrogens with one attached hydrogen (secondary N) is 1. The number of para-hydroxylation sites is 1. The number of benzene rings is 2. The highest BCUT2D eigenvalue weighted by Gasteiger charge is 2.04. The molecule has 110 valence electrons. The van der Waals surface area contributed by atoms with Crippen LogP contribution in [-0.2, 0) is 6.54 Å². The molecule has 0 spiro atoms. The first-order valence-electron chi connectivity index (χ1n) is 6.94. The molecule has 2 aromatic carbocycles. The predicted molar refractivity (Wildman–Crippen MR) is 87.2 cm³/mol. The Morgan fingerprint density at radius 3 is 2.67 bits per heavy atom. The lowest BCUT2D eigenvalue weighted by Crippen LogP contribution is -2.03. The van der Waals surface area contributed by atoms with E-state index in [1.54, 1.807) is 13.2 Å². The van der Waals surface area contributed by atoms with E-state index in [9.17, 15) is 0 Å². The van der Waals surface area contributed by atoms with Crippen molar-refractivity contribution in [3.63, 3.8) is 0 Å². The van der Waals surface area contributed by atoms with Gasteiger partial charge in [0.25, 0.3) is 0 Å². The van der Waals surface area contributed by atoms with Gasteiger partial charge in [-0.05, 0) is 36.8 Å². The van der Waals surface area contributed by atoms with Gasteiger partial charge in [0.1, 0.15) is 18.1 Å². The van der Waals surface area contributed by atoms with Gasteiger partial charge in [0.05, 0.1) is 7.11 Å². The van der Waals surface area contributed by atoms with E-state index in [-0.39, 0.29) is 0 Å². The minimum atomic E-state index is 0.513. The lowest BCUT2D eigenvalue weighted by atomic mass is 10.1. The van der Waals surface area contributed by atoms with E-state index in [1.807, 2.05) is 37.3 Å². The molecule has 0 fully saturated rings. The molecule has 0 aliphatic rings. The molecule has 2 rings (SSSR count). The standard InChI is InChI=1S/C18H21NO2/c1-4-11-21-18-8-6-5-7-15(18)13-19-16-9-10-17(20-3)14(2)12-16/h4-10,12,19H,1,11,13H2,2-3H3. The number of anilines is 1. The summed E-state index contributed by atoms with van der Waals surface area (Å²) in [5.41, 5.74) is 3.29. The molecule has 0 aliphatic carbocycles. The van der Waals surface area contributed by atoms with Gasteiger partial charge in [-0.3, -0.25) is 0 Å². The van der Waals surface area contributed by atoms with E-state index < -0.39 is 0 Å². The highest BCUT2D eigenvalue weighted by atomic mass is 16.5. The van der Waals surface area contributed by atoms with Crippen molar-refractivity contribution < 1.29 is 9.47 Å². The number of hydrogen-bond acceptors (Lipinski definition) is 3. The van der Waals surface area contributed by atoms with Crippen molar-refractivity contribution in [1.82, 2.24) is 0 Å². The smallest absolute Gasteiger partial charge is 0.124 e. The molecule has 0 unspecified atom stereocenters. The minimum Gasteiger partial charge on any atom is -0.496 e. The Bertz CT molecular complexity index is 608. The average molecular weight is 283 g/mol. The molecule has 21 heavy (non-hydrogen) atoms. The van der Waals surface area contributed by atoms with Gasteiger partial charge in [0.15, 0.2) is 0 Å². The van der Waals surface area contributed by atoms with Crippen LogP contribution in [0.25, 0.3) is 0 Å². The molecule has 2 aromatic rings. The molecular formula is C18H21NO2. The zero-order valence-electron chi connectivity index (χ0n) is 12.6. The van der Waals surface area contributed by atoms with Crippen molar-refractivity contribution in [1.29, 1.82) is 0 Å². The van der Waals surface area contributed by atoms with E-state index in [0.717, 1.165) is 28.3 Å². The van der Waals surface area contributed by atoms with Gasteiger partial charge in [-0.1, -0.05) is 30.9 Å². The Hall–Kier alpha value is -2.42. The summed E-state index contributed by atoms with van der Waals surface area (Å²) in [7, 11) is 1.68. The quantitative estimate of drug-likeness (QED) is 0.773. The summed E-state index contributed by atoms with van der Waals surface area (Å²) in [5, 5.41) is 3.41. The van der Waals surface area contributed by atoms with Crippen LogP contribution in [0.1, 0.15) is 11.1 Å². The zero-order valence-corrected chi connectivity index (χ0v) is 12.6. The second-order valence-corrected chi connectivity index (χ2v) is 4.75. The number of methoxy groups -OCH3 is 1. The fourth-order valence-corrected chi connectivity index (χ4v) is 2.13. The maximum absolute atomic E-state index is 5.66. The first kappa shape index (κ1) is 15.0. The van der Waals surface area contributed by atoms with E-state index in [4.69, 9.17) is 9.47 Å². The normalized spacial score (nSPS) is 10.0. The van der Waals surface area contributed by atoms with Crippen LogP contribution in [0.5, 0.6) is 11.5 Å². The molecule has 0 aliphatic heterocycles. The molecule has 1 N–H and O–H groups in total. The summed E-state index contributed by atoms with van der Waals surface area (Å²) in [5.74, 6) is 1.78. The van der Waals surface area contributed by atoms with E-state index in [0.29, 0.717) is 13.2 Å². The van der Waals surface area contributed by atoms with Crippen LogP contribution >= 0.6 is 0 Å². The van der Waals surface area contributed by atoms with Gasteiger partial charge >= 0.3 is 0 Å². The molecule has 0 saturated heterocycles. The van der Waals surface area contributed by atoms with Crippen molar-refractivity contribution >= 4 is 5.69 Å². The summed E-state index contributed by atoms with van der Waals surface area (Å²) >= 11 is 0. The Morgan fingerprint density at radius 1 is 1.14 bits per heavy atom. The van der Waals surface area contributed by atoms with Crippen molar-refractivity contribution in [2.75, 3.05) is 19.0 Å². The van der Waals surface area contributed by atoms with Crippen molar-refractivity contribution in [3.8, 4) is 11.5 Å². The third-order valence-electron chi connectivity index (χ3n) is 3.21. The molecule has 3 heteroatoms. The first-order valence-corrected chi connectivity index (χ1v) is 6.94. The lowest BCUT2D eigenvalue weighted by Gasteiger charge is -2.13. The van der Waals surface area contributed by atoms with Gasteiger partial charge in [-0.25, -0.2) is 0 Å². The summed E-state index contributed by atoms with van der Waals surface area (Å²) < 4.78 is 10.9. The monoisotopic (exact) mass is 283 g/mol. The second-order valence-electron chi connectivity index (χ2n) is 4.75. The van der Waals surface area contributed by atoms with Crippen LogP contribution in [-0.4, -0.2) is 13.7 Å². The fraction of sp³-hybridized carbons (Fsp3) is 0.222. The van der Waals surface area contributed by atoms with Crippen LogP contribution in [0.15, 0.2) is 55.1 Å². The van der Waals surface area contributed by atoms with Crippen molar-refractivity contribution in [2.24, 2.45) is 0 Å². The Balaban J connectivity index is 2.05. The molecule has 0 heterocycles. The number of rotatable bonds is 7. The second kappa shape index (κ2) is 7.39. The molecule has 0 radical (unpaired) electrons. The van der Waals surface area contributed by atoms with E-state index in [1.165, 1.54) is 0 Å². The molecule has 0 atom stereocenters. The summed E-state index contributed by atoms with van der Waals surface area (Å²) in [6, 6.07) is 14.1. The number of hydrogen-bond donors (Lipinski definition) is 1. The summed E-state index contributed by atoms with van der Waals surface area (Å²) in [6.07, 6.45) is 1.75. The zero-order chi connectivity index (χ0) is 15.1. The van der Waals surface area contributed by atoms with Gasteiger partial charge in [0, 0.05) is 17.8 Å². The molecule has 0 aromatic heterocycles. The van der Waals surface area contributed by atoms with Gasteiger partial charge < -0.3 is 14.8 Å². The van der Waals surface area contributed by atoms with E-state index >= 15 is 0 Å². The van der Waals surface area contributed by atoms with Crippen LogP contribution in [0.4, 0.5) is 5.69 Å². The molecule has 0 amide bonds. The lowest BCUT2D eigenvalue weighted by molar-refractivity contribution is 0.359. The third kappa shape index (κ3) is 4.02. The number of ether oxygens (including phenoxy) is 2.